The Labute approximate surface area is 108 Å². The van der Waals surface area contributed by atoms with Crippen molar-refractivity contribution in [2.75, 3.05) is 0 Å². The lowest BCUT2D eigenvalue weighted by molar-refractivity contribution is -0.330. The van der Waals surface area contributed by atoms with Crippen LogP contribution in [0.3, 0.4) is 0 Å². The molecule has 0 bridgehead atoms. The first-order chi connectivity index (χ1) is 9.03. The van der Waals surface area contributed by atoms with Crippen LogP contribution in [0.15, 0.2) is 30.3 Å². The number of halogens is 6. The molecule has 0 aliphatic heterocycles. The first kappa shape index (κ1) is 16.3. The van der Waals surface area contributed by atoms with Crippen molar-refractivity contribution in [3.8, 4) is 0 Å². The molecule has 0 heterocycles. The molecule has 0 saturated carbocycles. The highest BCUT2D eigenvalue weighted by molar-refractivity contribution is 5.74. The Balaban J connectivity index is 3.09. The average Bonchev–Trinajstić information content (AvgIpc) is 2.26. The average molecular weight is 302 g/mol. The van der Waals surface area contributed by atoms with Crippen molar-refractivity contribution in [2.45, 2.75) is 24.6 Å². The van der Waals surface area contributed by atoms with Crippen molar-refractivity contribution in [3.05, 3.63) is 35.9 Å². The summed E-state index contributed by atoms with van der Waals surface area (Å²) in [5.41, 5.74) is -0.321. The lowest BCUT2D eigenvalue weighted by Gasteiger charge is -2.26. The molecule has 1 aromatic carbocycles. The summed E-state index contributed by atoms with van der Waals surface area (Å²) in [6.45, 7) is 0. The summed E-state index contributed by atoms with van der Waals surface area (Å²) in [4.78, 5) is 10.8. The summed E-state index contributed by atoms with van der Waals surface area (Å²) in [5.74, 6) is -1.95. The van der Waals surface area contributed by atoms with Crippen molar-refractivity contribution in [1.82, 2.24) is 0 Å². The molecule has 9 heteroatoms. The molecule has 0 aliphatic carbocycles. The third kappa shape index (κ3) is 4.12. The van der Waals surface area contributed by atoms with Crippen LogP contribution in [0.4, 0.5) is 26.3 Å². The number of ether oxygens (including phenoxy) is 1. The Bertz CT molecular complexity index is 439. The van der Waals surface area contributed by atoms with Crippen molar-refractivity contribution < 1.29 is 41.0 Å². The molecule has 0 radical (unpaired) electrons. The highest BCUT2D eigenvalue weighted by Gasteiger charge is 2.59. The van der Waals surface area contributed by atoms with E-state index >= 15 is 0 Å². The van der Waals surface area contributed by atoms with E-state index in [-0.39, 0.29) is 5.56 Å². The van der Waals surface area contributed by atoms with Gasteiger partial charge in [-0.05, 0) is 5.56 Å². The first-order valence-corrected chi connectivity index (χ1v) is 5.10. The second-order valence-electron chi connectivity index (χ2n) is 3.73. The molecule has 0 aromatic heterocycles. The van der Waals surface area contributed by atoms with Crippen LogP contribution < -0.4 is 0 Å². The van der Waals surface area contributed by atoms with Gasteiger partial charge in [0.1, 0.15) is 0 Å². The molecule has 1 aromatic rings. The highest BCUT2D eigenvalue weighted by Crippen LogP contribution is 2.38. The van der Waals surface area contributed by atoms with Crippen LogP contribution >= 0.6 is 0 Å². The Morgan fingerprint density at radius 3 is 1.80 bits per heavy atom. The minimum atomic E-state index is -5.76. The fourth-order valence-corrected chi connectivity index (χ4v) is 1.38. The van der Waals surface area contributed by atoms with Gasteiger partial charge < -0.3 is 9.84 Å². The summed E-state index contributed by atoms with van der Waals surface area (Å²) >= 11 is 0. The van der Waals surface area contributed by atoms with E-state index in [1.54, 1.807) is 0 Å². The quantitative estimate of drug-likeness (QED) is 0.868. The van der Waals surface area contributed by atoms with Crippen LogP contribution in [-0.4, -0.2) is 29.5 Å². The monoisotopic (exact) mass is 302 g/mol. The molecule has 20 heavy (non-hydrogen) atoms. The predicted octanol–water partition coefficient (Wildman–Crippen LogP) is 3.32. The number of hydrogen-bond acceptors (Lipinski definition) is 2. The van der Waals surface area contributed by atoms with Crippen LogP contribution in [0.25, 0.3) is 0 Å². The van der Waals surface area contributed by atoms with Gasteiger partial charge in [-0.3, -0.25) is 0 Å². The minimum Gasteiger partial charge on any atom is -0.479 e. The van der Waals surface area contributed by atoms with E-state index in [0.717, 1.165) is 12.1 Å². The van der Waals surface area contributed by atoms with Crippen LogP contribution in [-0.2, 0) is 9.53 Å². The standard InChI is InChI=1S/C11H8F6O3/c12-10(13,14)9(11(15,16)17)20-7(8(18)19)6-4-2-1-3-5-6/h1-5,7,9H,(H,18,19). The number of benzene rings is 1. The van der Waals surface area contributed by atoms with Crippen LogP contribution in [0.2, 0.25) is 0 Å². The smallest absolute Gasteiger partial charge is 0.423 e. The zero-order chi connectivity index (χ0) is 15.6. The van der Waals surface area contributed by atoms with Crippen LogP contribution in [0.5, 0.6) is 0 Å². The highest BCUT2D eigenvalue weighted by atomic mass is 19.4. The number of alkyl halides is 6. The van der Waals surface area contributed by atoms with Gasteiger partial charge in [-0.25, -0.2) is 4.79 Å². The van der Waals surface area contributed by atoms with Gasteiger partial charge >= 0.3 is 18.3 Å². The molecule has 0 amide bonds. The Kier molecular flexibility index (Phi) is 4.64. The summed E-state index contributed by atoms with van der Waals surface area (Å²) < 4.78 is 77.7. The largest absolute Gasteiger partial charge is 0.479 e. The minimum absolute atomic E-state index is 0.321. The number of rotatable bonds is 4. The van der Waals surface area contributed by atoms with E-state index in [0.29, 0.717) is 0 Å². The number of aliphatic carboxylic acids is 1. The molecule has 1 unspecified atom stereocenters. The molecule has 1 atom stereocenters. The number of carboxylic acids is 1. The van der Waals surface area contributed by atoms with Gasteiger partial charge in [-0.15, -0.1) is 0 Å². The zero-order valence-electron chi connectivity index (χ0n) is 9.57. The lowest BCUT2D eigenvalue weighted by atomic mass is 10.1. The first-order valence-electron chi connectivity index (χ1n) is 5.10. The molecule has 0 aliphatic rings. The van der Waals surface area contributed by atoms with Crippen LogP contribution in [0, 0.1) is 0 Å². The second-order valence-corrected chi connectivity index (χ2v) is 3.73. The molecule has 112 valence electrons. The van der Waals surface area contributed by atoms with Gasteiger partial charge in [-0.2, -0.15) is 26.3 Å². The summed E-state index contributed by atoms with van der Waals surface area (Å²) in [7, 11) is 0. The maximum Gasteiger partial charge on any atom is 0.423 e. The van der Waals surface area contributed by atoms with Crippen molar-refractivity contribution >= 4 is 5.97 Å². The third-order valence-corrected chi connectivity index (χ3v) is 2.19. The molecule has 0 saturated heterocycles. The molecule has 1 N–H and O–H groups in total. The van der Waals surface area contributed by atoms with Crippen LogP contribution in [0.1, 0.15) is 11.7 Å². The molecule has 1 rings (SSSR count). The van der Waals surface area contributed by atoms with Crippen molar-refractivity contribution in [2.24, 2.45) is 0 Å². The zero-order valence-corrected chi connectivity index (χ0v) is 9.57. The van der Waals surface area contributed by atoms with E-state index in [1.807, 2.05) is 0 Å². The fourth-order valence-electron chi connectivity index (χ4n) is 1.38. The summed E-state index contributed by atoms with van der Waals surface area (Å²) in [5, 5.41) is 8.75. The van der Waals surface area contributed by atoms with Gasteiger partial charge in [0.15, 0.2) is 6.10 Å². The Morgan fingerprint density at radius 2 is 1.45 bits per heavy atom. The molecule has 0 spiro atoms. The normalized spacial score (nSPS) is 14.3. The van der Waals surface area contributed by atoms with E-state index in [4.69, 9.17) is 5.11 Å². The topological polar surface area (TPSA) is 46.5 Å². The van der Waals surface area contributed by atoms with E-state index in [9.17, 15) is 31.1 Å². The fraction of sp³-hybridized carbons (Fsp3) is 0.364. The third-order valence-electron chi connectivity index (χ3n) is 2.19. The predicted molar refractivity (Wildman–Crippen MR) is 53.8 cm³/mol. The SMILES string of the molecule is O=C(O)C(OC(C(F)(F)F)C(F)(F)F)c1ccccc1. The molecular weight excluding hydrogens is 294 g/mol. The van der Waals surface area contributed by atoms with E-state index in [1.165, 1.54) is 18.2 Å². The van der Waals surface area contributed by atoms with Gasteiger partial charge in [0.25, 0.3) is 6.10 Å². The maximum atomic E-state index is 12.3. The number of carboxylic acid groups (broad SMARTS) is 1. The Morgan fingerprint density at radius 1 is 1.00 bits per heavy atom. The number of hydrogen-bond donors (Lipinski definition) is 1. The summed E-state index contributed by atoms with van der Waals surface area (Å²) in [6.07, 6.45) is -18.1. The van der Waals surface area contributed by atoms with Crippen molar-refractivity contribution in [1.29, 1.82) is 0 Å². The van der Waals surface area contributed by atoms with Gasteiger partial charge in [0.05, 0.1) is 0 Å². The van der Waals surface area contributed by atoms with Gasteiger partial charge in [-0.1, -0.05) is 30.3 Å². The summed E-state index contributed by atoms with van der Waals surface area (Å²) in [6, 6.07) is 6.08. The Hall–Kier alpha value is -1.77. The second kappa shape index (κ2) is 5.70. The lowest BCUT2D eigenvalue weighted by Crippen LogP contribution is -2.45. The van der Waals surface area contributed by atoms with E-state index in [2.05, 4.69) is 4.74 Å². The van der Waals surface area contributed by atoms with E-state index < -0.39 is 30.5 Å². The van der Waals surface area contributed by atoms with Gasteiger partial charge in [0.2, 0.25) is 0 Å². The maximum absolute atomic E-state index is 12.3. The van der Waals surface area contributed by atoms with Crippen molar-refractivity contribution in [3.63, 3.8) is 0 Å². The molecule has 0 fully saturated rings. The van der Waals surface area contributed by atoms with Gasteiger partial charge in [0, 0.05) is 0 Å². The number of carbonyl (C=O) groups is 1. The molecule has 3 nitrogen and oxygen atoms in total. The molecular formula is C11H8F6O3.